The van der Waals surface area contributed by atoms with E-state index in [4.69, 9.17) is 5.11 Å². The fourth-order valence-electron chi connectivity index (χ4n) is 1.31. The summed E-state index contributed by atoms with van der Waals surface area (Å²) in [5, 5.41) is 8.84. The van der Waals surface area contributed by atoms with Gasteiger partial charge in [0, 0.05) is 11.1 Å². The molecule has 1 rings (SSSR count). The van der Waals surface area contributed by atoms with E-state index in [0.29, 0.717) is 16.7 Å². The SMILES string of the molecule is Cc1c(C(O)=S)ccc(C(F)F)c1C. The molecule has 0 saturated heterocycles. The third-order valence-corrected chi connectivity index (χ3v) is 2.51. The fraction of sp³-hybridized carbons (Fsp3) is 0.300. The van der Waals surface area contributed by atoms with Crippen molar-refractivity contribution in [2.45, 2.75) is 20.3 Å². The van der Waals surface area contributed by atoms with Gasteiger partial charge >= 0.3 is 0 Å². The number of hydrogen-bond acceptors (Lipinski definition) is 1. The summed E-state index contributed by atoms with van der Waals surface area (Å²) >= 11 is 4.59. The van der Waals surface area contributed by atoms with Gasteiger partial charge in [-0.15, -0.1) is 0 Å². The van der Waals surface area contributed by atoms with Gasteiger partial charge in [0.2, 0.25) is 0 Å². The van der Waals surface area contributed by atoms with Gasteiger partial charge in [-0.1, -0.05) is 6.07 Å². The Morgan fingerprint density at radius 1 is 1.29 bits per heavy atom. The lowest BCUT2D eigenvalue weighted by atomic mass is 9.98. The lowest BCUT2D eigenvalue weighted by Crippen LogP contribution is -2.02. The number of alkyl halides is 2. The van der Waals surface area contributed by atoms with Gasteiger partial charge in [0.05, 0.1) is 0 Å². The molecule has 1 aromatic carbocycles. The minimum atomic E-state index is -2.49. The van der Waals surface area contributed by atoms with Crippen LogP contribution in [-0.4, -0.2) is 10.2 Å². The molecule has 0 saturated carbocycles. The van der Waals surface area contributed by atoms with E-state index in [1.165, 1.54) is 12.1 Å². The fourth-order valence-corrected chi connectivity index (χ4v) is 1.53. The van der Waals surface area contributed by atoms with E-state index < -0.39 is 6.43 Å². The molecule has 0 radical (unpaired) electrons. The zero-order valence-corrected chi connectivity index (χ0v) is 8.66. The molecule has 76 valence electrons. The van der Waals surface area contributed by atoms with Crippen LogP contribution in [0.1, 0.15) is 28.7 Å². The summed E-state index contributed by atoms with van der Waals surface area (Å²) in [7, 11) is 0. The molecular weight excluding hydrogens is 206 g/mol. The Kier molecular flexibility index (Phi) is 3.16. The van der Waals surface area contributed by atoms with E-state index in [0.717, 1.165) is 0 Å². The predicted molar refractivity (Wildman–Crippen MR) is 55.2 cm³/mol. The molecule has 0 atom stereocenters. The number of thiocarbonyl (C=S) groups is 1. The molecule has 0 amide bonds. The summed E-state index contributed by atoms with van der Waals surface area (Å²) in [6.45, 7) is 3.26. The molecule has 14 heavy (non-hydrogen) atoms. The molecule has 1 nitrogen and oxygen atoms in total. The first-order chi connectivity index (χ1) is 6.45. The summed E-state index contributed by atoms with van der Waals surface area (Å²) in [4.78, 5) is 0. The van der Waals surface area contributed by atoms with Crippen LogP contribution in [0.2, 0.25) is 0 Å². The third kappa shape index (κ3) is 1.90. The lowest BCUT2D eigenvalue weighted by molar-refractivity contribution is 0.150. The van der Waals surface area contributed by atoms with Crippen molar-refractivity contribution in [2.75, 3.05) is 0 Å². The first-order valence-corrected chi connectivity index (χ1v) is 4.47. The number of hydrogen-bond donors (Lipinski definition) is 1. The highest BCUT2D eigenvalue weighted by molar-refractivity contribution is 7.80. The smallest absolute Gasteiger partial charge is 0.264 e. The van der Waals surface area contributed by atoms with Crippen LogP contribution in [0.4, 0.5) is 8.78 Å². The van der Waals surface area contributed by atoms with Crippen LogP contribution in [0.5, 0.6) is 0 Å². The van der Waals surface area contributed by atoms with Gasteiger partial charge < -0.3 is 5.11 Å². The van der Waals surface area contributed by atoms with Gasteiger partial charge in [-0.3, -0.25) is 0 Å². The van der Waals surface area contributed by atoms with Gasteiger partial charge in [-0.05, 0) is 43.3 Å². The van der Waals surface area contributed by atoms with Crippen molar-refractivity contribution in [1.82, 2.24) is 0 Å². The quantitative estimate of drug-likeness (QED) is 0.764. The molecule has 0 spiro atoms. The molecule has 0 aliphatic carbocycles. The monoisotopic (exact) mass is 216 g/mol. The number of aliphatic hydroxyl groups is 1. The van der Waals surface area contributed by atoms with Crippen molar-refractivity contribution in [2.24, 2.45) is 0 Å². The molecule has 0 fully saturated rings. The van der Waals surface area contributed by atoms with Gasteiger partial charge in [0.1, 0.15) is 0 Å². The minimum absolute atomic E-state index is 0.0116. The van der Waals surface area contributed by atoms with E-state index >= 15 is 0 Å². The third-order valence-electron chi connectivity index (χ3n) is 2.29. The Morgan fingerprint density at radius 3 is 2.29 bits per heavy atom. The average molecular weight is 216 g/mol. The molecular formula is C10H10F2OS. The second-order valence-electron chi connectivity index (χ2n) is 3.06. The normalized spacial score (nSPS) is 10.6. The zero-order chi connectivity index (χ0) is 10.9. The van der Waals surface area contributed by atoms with Crippen molar-refractivity contribution in [1.29, 1.82) is 0 Å². The molecule has 1 aromatic rings. The summed E-state index contributed by atoms with van der Waals surface area (Å²) in [6, 6.07) is 2.72. The second kappa shape index (κ2) is 4.00. The number of benzene rings is 1. The Hall–Kier alpha value is -1.03. The Morgan fingerprint density at radius 2 is 1.86 bits per heavy atom. The van der Waals surface area contributed by atoms with Crippen LogP contribution in [0.3, 0.4) is 0 Å². The maximum atomic E-state index is 12.4. The summed E-state index contributed by atoms with van der Waals surface area (Å²) in [5.41, 5.74) is 1.52. The van der Waals surface area contributed by atoms with Crippen LogP contribution >= 0.6 is 12.2 Å². The van der Waals surface area contributed by atoms with Crippen molar-refractivity contribution in [3.8, 4) is 0 Å². The molecule has 1 N–H and O–H groups in total. The highest BCUT2D eigenvalue weighted by Gasteiger charge is 2.14. The number of rotatable bonds is 2. The van der Waals surface area contributed by atoms with Crippen LogP contribution in [0, 0.1) is 13.8 Å². The van der Waals surface area contributed by atoms with E-state index in [-0.39, 0.29) is 10.6 Å². The summed E-state index contributed by atoms with van der Waals surface area (Å²) in [6.07, 6.45) is -2.49. The van der Waals surface area contributed by atoms with E-state index in [2.05, 4.69) is 12.2 Å². The van der Waals surface area contributed by atoms with Gasteiger partial charge in [-0.2, -0.15) is 0 Å². The number of aliphatic hydroxyl groups excluding tert-OH is 1. The standard InChI is InChI=1S/C10H10F2OS/c1-5-6(2)8(10(13)14)4-3-7(5)9(11)12/h3-4,9H,1-2H3,(H,13,14). The van der Waals surface area contributed by atoms with Crippen molar-refractivity contribution < 1.29 is 13.9 Å². The summed E-state index contributed by atoms with van der Waals surface area (Å²) in [5.74, 6) is 0. The average Bonchev–Trinajstić information content (AvgIpc) is 2.08. The molecule has 4 heteroatoms. The second-order valence-corrected chi connectivity index (χ2v) is 3.44. The molecule has 0 aromatic heterocycles. The Labute approximate surface area is 86.4 Å². The first kappa shape index (κ1) is 11.0. The molecule has 0 aliphatic heterocycles. The van der Waals surface area contributed by atoms with Gasteiger partial charge in [0.25, 0.3) is 6.43 Å². The number of halogens is 2. The van der Waals surface area contributed by atoms with E-state index in [1.807, 2.05) is 0 Å². The Bertz CT molecular complexity index is 375. The Balaban J connectivity index is 3.33. The maximum Gasteiger partial charge on any atom is 0.264 e. The van der Waals surface area contributed by atoms with Crippen molar-refractivity contribution in [3.63, 3.8) is 0 Å². The largest absolute Gasteiger partial charge is 0.499 e. The van der Waals surface area contributed by atoms with Gasteiger partial charge in [0.15, 0.2) is 5.05 Å². The predicted octanol–water partition coefficient (Wildman–Crippen LogP) is 3.47. The van der Waals surface area contributed by atoms with Gasteiger partial charge in [-0.25, -0.2) is 8.78 Å². The molecule has 0 unspecified atom stereocenters. The van der Waals surface area contributed by atoms with Crippen LogP contribution in [0.15, 0.2) is 12.1 Å². The minimum Gasteiger partial charge on any atom is -0.499 e. The maximum absolute atomic E-state index is 12.4. The van der Waals surface area contributed by atoms with Crippen LogP contribution in [0.25, 0.3) is 0 Å². The van der Waals surface area contributed by atoms with E-state index in [1.54, 1.807) is 13.8 Å². The van der Waals surface area contributed by atoms with Crippen molar-refractivity contribution >= 4 is 17.3 Å². The summed E-state index contributed by atoms with van der Waals surface area (Å²) < 4.78 is 24.9. The lowest BCUT2D eigenvalue weighted by Gasteiger charge is -2.11. The molecule has 0 aliphatic rings. The molecule has 0 bridgehead atoms. The topological polar surface area (TPSA) is 20.2 Å². The first-order valence-electron chi connectivity index (χ1n) is 4.06. The van der Waals surface area contributed by atoms with Crippen molar-refractivity contribution in [3.05, 3.63) is 34.4 Å². The van der Waals surface area contributed by atoms with Crippen LogP contribution < -0.4 is 0 Å². The van der Waals surface area contributed by atoms with Crippen LogP contribution in [-0.2, 0) is 0 Å². The molecule has 0 heterocycles. The highest BCUT2D eigenvalue weighted by atomic mass is 32.1. The zero-order valence-electron chi connectivity index (χ0n) is 7.84. The van der Waals surface area contributed by atoms with E-state index in [9.17, 15) is 8.78 Å². The highest BCUT2D eigenvalue weighted by Crippen LogP contribution is 2.26.